The van der Waals surface area contributed by atoms with Crippen LogP contribution in [-0.2, 0) is 20.4 Å². The summed E-state index contributed by atoms with van der Waals surface area (Å²) in [5, 5.41) is 5.72. The number of unbranched alkanes of at least 4 members (excludes halogenated alkanes) is 2. The van der Waals surface area contributed by atoms with E-state index in [2.05, 4.69) is 146 Å². The number of aryl methyl sites for hydroxylation is 1. The fourth-order valence-corrected chi connectivity index (χ4v) is 8.88. The highest BCUT2D eigenvalue weighted by atomic mass is 16.5. The van der Waals surface area contributed by atoms with Gasteiger partial charge in [-0.05, 0) is 81.9 Å². The van der Waals surface area contributed by atoms with Crippen LogP contribution in [0.1, 0.15) is 95.8 Å². The summed E-state index contributed by atoms with van der Waals surface area (Å²) < 4.78 is 7.78. The standard InChI is InChI=1S/C46H58N4O3/c1-33-26-27-40-38(31-33)46(4,5)42(24-14-9-13-23-41-45(2,3)37-21-16-17-22-39(37)49(41)6)50(40)30-18-10-15-25-43(51)47-28-29-48-44(52)53-32-36-34-19-11-7-8-12-20-35(34)36/h9,13-14,16-17,21-24,26-27,31,34-36H,10-12,15,18-20,25,28-30,32H2,1-6H3,(H-,47,48,51,52)/p+1. The molecule has 0 saturated heterocycles. The van der Waals surface area contributed by atoms with Crippen molar-refractivity contribution in [1.82, 2.24) is 10.6 Å². The van der Waals surface area contributed by atoms with E-state index in [1.165, 1.54) is 39.5 Å². The Bertz CT molecular complexity index is 1850. The molecule has 7 heteroatoms. The first-order valence-corrected chi connectivity index (χ1v) is 19.8. The van der Waals surface area contributed by atoms with Crippen molar-refractivity contribution in [3.8, 4) is 11.8 Å². The third-order valence-corrected chi connectivity index (χ3v) is 12.0. The van der Waals surface area contributed by atoms with Gasteiger partial charge in [-0.25, -0.2) is 4.79 Å². The Balaban J connectivity index is 0.939. The lowest BCUT2D eigenvalue weighted by atomic mass is 9.81. The average molecular weight is 716 g/mol. The van der Waals surface area contributed by atoms with Gasteiger partial charge in [-0.2, -0.15) is 4.58 Å². The number of para-hydroxylation sites is 1. The van der Waals surface area contributed by atoms with Crippen LogP contribution in [0, 0.1) is 36.5 Å². The van der Waals surface area contributed by atoms with E-state index in [9.17, 15) is 9.59 Å². The number of ether oxygens (including phenoxy) is 1. The number of carbonyl (C=O) groups excluding carboxylic acids is 2. The Labute approximate surface area is 317 Å². The predicted octanol–water partition coefficient (Wildman–Crippen LogP) is 8.64. The van der Waals surface area contributed by atoms with Crippen molar-refractivity contribution in [2.24, 2.45) is 17.8 Å². The third-order valence-electron chi connectivity index (χ3n) is 12.0. The molecule has 2 aromatic carbocycles. The summed E-state index contributed by atoms with van der Waals surface area (Å²) in [4.78, 5) is 27.2. The zero-order valence-electron chi connectivity index (χ0n) is 32.8. The molecule has 2 aliphatic carbocycles. The minimum absolute atomic E-state index is 0.0210. The second-order valence-corrected chi connectivity index (χ2v) is 16.3. The zero-order chi connectivity index (χ0) is 37.6. The Kier molecular flexibility index (Phi) is 12.0. The van der Waals surface area contributed by atoms with Crippen LogP contribution in [-0.4, -0.2) is 55.6 Å². The van der Waals surface area contributed by atoms with Gasteiger partial charge < -0.3 is 20.3 Å². The van der Waals surface area contributed by atoms with Crippen molar-refractivity contribution in [1.29, 1.82) is 0 Å². The largest absolute Gasteiger partial charge is 0.449 e. The Hall–Kier alpha value is -4.57. The summed E-state index contributed by atoms with van der Waals surface area (Å²) in [6.45, 7) is 13.5. The van der Waals surface area contributed by atoms with Gasteiger partial charge in [-0.15, -0.1) is 11.8 Å². The second-order valence-electron chi connectivity index (χ2n) is 16.3. The minimum Gasteiger partial charge on any atom is -0.449 e. The molecule has 0 spiro atoms. The zero-order valence-corrected chi connectivity index (χ0v) is 32.8. The number of nitrogens with one attached hydrogen (secondary N) is 2. The molecule has 2 aromatic rings. The van der Waals surface area contributed by atoms with Gasteiger partial charge in [0.25, 0.3) is 0 Å². The molecule has 7 nitrogen and oxygen atoms in total. The van der Waals surface area contributed by atoms with Crippen LogP contribution in [0.5, 0.6) is 0 Å². The highest BCUT2D eigenvalue weighted by Gasteiger charge is 2.49. The lowest BCUT2D eigenvalue weighted by Crippen LogP contribution is -2.35. The number of benzene rings is 2. The van der Waals surface area contributed by atoms with Gasteiger partial charge >= 0.3 is 6.09 Å². The minimum atomic E-state index is -0.400. The fraction of sp³-hybridized carbons (Fsp3) is 0.500. The van der Waals surface area contributed by atoms with Crippen molar-refractivity contribution in [3.05, 3.63) is 95.2 Å². The summed E-state index contributed by atoms with van der Waals surface area (Å²) >= 11 is 0. The van der Waals surface area contributed by atoms with E-state index in [0.29, 0.717) is 43.9 Å². The number of rotatable bonds is 14. The Morgan fingerprint density at radius 3 is 2.40 bits per heavy atom. The van der Waals surface area contributed by atoms with Gasteiger partial charge in [0.1, 0.15) is 7.05 Å². The molecule has 2 amide bonds. The van der Waals surface area contributed by atoms with E-state index in [1.54, 1.807) is 0 Å². The van der Waals surface area contributed by atoms with Gasteiger partial charge in [0.2, 0.25) is 11.6 Å². The number of alkyl carbamates (subject to hydrolysis) is 1. The number of hydrogen-bond acceptors (Lipinski definition) is 4. The van der Waals surface area contributed by atoms with Crippen molar-refractivity contribution >= 4 is 29.1 Å². The molecule has 0 aromatic heterocycles. The van der Waals surface area contributed by atoms with Crippen molar-refractivity contribution < 1.29 is 18.9 Å². The quantitative estimate of drug-likeness (QED) is 0.0890. The first-order chi connectivity index (χ1) is 25.5. The van der Waals surface area contributed by atoms with Crippen molar-refractivity contribution in [2.75, 3.05) is 38.2 Å². The van der Waals surface area contributed by atoms with Crippen LogP contribution in [0.3, 0.4) is 0 Å². The van der Waals surface area contributed by atoms with Crippen LogP contribution in [0.25, 0.3) is 0 Å². The highest BCUT2D eigenvalue weighted by molar-refractivity contribution is 6.03. The maximum atomic E-state index is 12.5. The van der Waals surface area contributed by atoms with Gasteiger partial charge in [-0.1, -0.05) is 74.4 Å². The van der Waals surface area contributed by atoms with Crippen molar-refractivity contribution in [3.63, 3.8) is 0 Å². The Morgan fingerprint density at radius 2 is 1.64 bits per heavy atom. The van der Waals surface area contributed by atoms with E-state index in [0.717, 1.165) is 51.5 Å². The average Bonchev–Trinajstić information content (AvgIpc) is 3.66. The van der Waals surface area contributed by atoms with Crippen LogP contribution in [0.4, 0.5) is 16.2 Å². The number of fused-ring (bicyclic) bond motifs is 3. The molecule has 4 aliphatic rings. The monoisotopic (exact) mass is 715 g/mol. The van der Waals surface area contributed by atoms with E-state index in [-0.39, 0.29) is 16.7 Å². The summed E-state index contributed by atoms with van der Waals surface area (Å²) in [6, 6.07) is 15.5. The third kappa shape index (κ3) is 8.64. The lowest BCUT2D eigenvalue weighted by Gasteiger charge is -2.27. The smallest absolute Gasteiger partial charge is 0.407 e. The summed E-state index contributed by atoms with van der Waals surface area (Å²) in [5.41, 5.74) is 8.95. The number of anilines is 1. The van der Waals surface area contributed by atoms with Gasteiger partial charge in [-0.3, -0.25) is 4.79 Å². The van der Waals surface area contributed by atoms with Gasteiger partial charge in [0, 0.05) is 73.4 Å². The van der Waals surface area contributed by atoms with E-state index < -0.39 is 6.09 Å². The van der Waals surface area contributed by atoms with Crippen LogP contribution < -0.4 is 15.5 Å². The van der Waals surface area contributed by atoms with Crippen LogP contribution >= 0.6 is 0 Å². The molecule has 53 heavy (non-hydrogen) atoms. The maximum Gasteiger partial charge on any atom is 0.407 e. The summed E-state index contributed by atoms with van der Waals surface area (Å²) in [7, 11) is 2.15. The molecule has 280 valence electrons. The molecule has 2 heterocycles. The normalized spacial score (nSPS) is 22.9. The molecular weight excluding hydrogens is 657 g/mol. The molecule has 2 N–H and O–H groups in total. The van der Waals surface area contributed by atoms with Crippen molar-refractivity contribution in [2.45, 2.75) is 96.8 Å². The topological polar surface area (TPSA) is 73.7 Å². The molecule has 2 unspecified atom stereocenters. The molecule has 1 fully saturated rings. The SMILES string of the molecule is Cc1ccc2c(c1)C(C)(C)C(=CC=CC=CC1=[N+](C)c3ccccc3C1(C)C)N2CCCCCC(=O)NCCNC(=O)OCC1C2CCC#CCCC21. The number of nitrogens with zero attached hydrogens (tertiary/aromatic N) is 2. The highest BCUT2D eigenvalue weighted by Crippen LogP contribution is 2.52. The predicted molar refractivity (Wildman–Crippen MR) is 216 cm³/mol. The lowest BCUT2D eigenvalue weighted by molar-refractivity contribution is -0.401. The molecule has 1 saturated carbocycles. The van der Waals surface area contributed by atoms with Gasteiger partial charge in [0.15, 0.2) is 5.71 Å². The first-order valence-electron chi connectivity index (χ1n) is 19.8. The number of carbonyl (C=O) groups is 2. The molecular formula is C46H59N4O3+. The number of allylic oxidation sites excluding steroid dienone is 6. The first kappa shape index (κ1) is 38.2. The summed E-state index contributed by atoms with van der Waals surface area (Å²) in [6.07, 6.45) is 18.0. The van der Waals surface area contributed by atoms with E-state index in [4.69, 9.17) is 4.74 Å². The number of amides is 2. The molecule has 2 atom stereocenters. The summed E-state index contributed by atoms with van der Waals surface area (Å²) in [5.74, 6) is 8.24. The number of hydrogen-bond donors (Lipinski definition) is 2. The van der Waals surface area contributed by atoms with Crippen LogP contribution in [0.15, 0.2) is 78.5 Å². The molecule has 0 radical (unpaired) electrons. The molecule has 6 rings (SSSR count). The van der Waals surface area contributed by atoms with E-state index >= 15 is 0 Å². The fourth-order valence-electron chi connectivity index (χ4n) is 8.88. The molecule has 2 aliphatic heterocycles. The van der Waals surface area contributed by atoms with E-state index in [1.807, 2.05) is 0 Å². The van der Waals surface area contributed by atoms with Gasteiger partial charge in [0.05, 0.1) is 12.0 Å². The Morgan fingerprint density at radius 1 is 0.906 bits per heavy atom. The van der Waals surface area contributed by atoms with Crippen LogP contribution in [0.2, 0.25) is 0 Å². The second kappa shape index (κ2) is 16.6. The maximum absolute atomic E-state index is 12.5. The molecule has 0 bridgehead atoms.